The molecule has 0 atom stereocenters. The molecule has 2 aromatic heterocycles. The van der Waals surface area contributed by atoms with Crippen molar-refractivity contribution in [1.29, 1.82) is 0 Å². The van der Waals surface area contributed by atoms with Gasteiger partial charge in [-0.3, -0.25) is 14.3 Å². The van der Waals surface area contributed by atoms with Crippen LogP contribution in [0.25, 0.3) is 5.69 Å². The molecule has 0 fully saturated rings. The Hall–Kier alpha value is -4.24. The molecule has 1 aliphatic carbocycles. The van der Waals surface area contributed by atoms with Crippen LogP contribution in [-0.4, -0.2) is 37.9 Å². The van der Waals surface area contributed by atoms with E-state index in [1.54, 1.807) is 23.0 Å². The van der Waals surface area contributed by atoms with Crippen LogP contribution in [0.3, 0.4) is 0 Å². The number of nitrogens with two attached hydrogens (primary N) is 1. The Labute approximate surface area is 221 Å². The van der Waals surface area contributed by atoms with Gasteiger partial charge in [0.1, 0.15) is 0 Å². The summed E-state index contributed by atoms with van der Waals surface area (Å²) in [5, 5.41) is 12.4. The molecule has 2 aromatic carbocycles. The first-order chi connectivity index (χ1) is 18.2. The zero-order valence-corrected chi connectivity index (χ0v) is 21.9. The van der Waals surface area contributed by atoms with Gasteiger partial charge in [-0.2, -0.15) is 10.2 Å². The number of carbonyl (C=O) groups excluding carboxylic acids is 2. The number of nitrogens with zero attached hydrogens (tertiary/aromatic N) is 4. The summed E-state index contributed by atoms with van der Waals surface area (Å²) in [7, 11) is 0. The van der Waals surface area contributed by atoms with Crippen molar-refractivity contribution in [1.82, 2.24) is 19.6 Å². The van der Waals surface area contributed by atoms with Crippen LogP contribution in [0, 0.1) is 12.3 Å². The third-order valence-electron chi connectivity index (χ3n) is 6.72. The van der Waals surface area contributed by atoms with Crippen LogP contribution >= 0.6 is 0 Å². The van der Waals surface area contributed by atoms with Crippen LogP contribution < -0.4 is 11.1 Å². The number of hydrogen-bond donors (Lipinski definition) is 2. The van der Waals surface area contributed by atoms with E-state index in [4.69, 9.17) is 15.6 Å². The number of amides is 1. The predicted octanol–water partition coefficient (Wildman–Crippen LogP) is 4.59. The number of carbonyl (C=O) groups is 2. The highest BCUT2D eigenvalue weighted by Gasteiger charge is 2.35. The molecule has 38 heavy (non-hydrogen) atoms. The first-order valence-electron chi connectivity index (χ1n) is 12.7. The van der Waals surface area contributed by atoms with E-state index < -0.39 is 5.91 Å². The largest absolute Gasteiger partial charge is 0.375 e. The van der Waals surface area contributed by atoms with Crippen LogP contribution in [0.5, 0.6) is 0 Å². The molecule has 9 heteroatoms. The molecule has 0 saturated heterocycles. The molecule has 9 nitrogen and oxygen atoms in total. The highest BCUT2D eigenvalue weighted by atomic mass is 16.5. The van der Waals surface area contributed by atoms with Crippen molar-refractivity contribution in [2.75, 3.05) is 11.9 Å². The average molecular weight is 513 g/mol. The number of anilines is 2. The van der Waals surface area contributed by atoms with E-state index in [0.29, 0.717) is 54.4 Å². The summed E-state index contributed by atoms with van der Waals surface area (Å²) in [5.41, 5.74) is 11.3. The average Bonchev–Trinajstić information content (AvgIpc) is 3.45. The molecule has 3 N–H and O–H groups in total. The molecule has 0 spiro atoms. The molecule has 0 bridgehead atoms. The highest BCUT2D eigenvalue weighted by Crippen LogP contribution is 2.37. The van der Waals surface area contributed by atoms with Gasteiger partial charge in [0.15, 0.2) is 5.78 Å². The monoisotopic (exact) mass is 512 g/mol. The third-order valence-corrected chi connectivity index (χ3v) is 6.72. The Bertz CT molecular complexity index is 1490. The van der Waals surface area contributed by atoms with Gasteiger partial charge in [-0.15, -0.1) is 0 Å². The van der Waals surface area contributed by atoms with Crippen molar-refractivity contribution in [2.24, 2.45) is 11.1 Å². The molecular formula is C29H32N6O3. The maximum Gasteiger partial charge on any atom is 0.250 e. The quantitative estimate of drug-likeness (QED) is 0.317. The van der Waals surface area contributed by atoms with E-state index in [1.165, 1.54) is 0 Å². The first kappa shape index (κ1) is 25.4. The van der Waals surface area contributed by atoms with Gasteiger partial charge in [0.2, 0.25) is 0 Å². The minimum Gasteiger partial charge on any atom is -0.375 e. The summed E-state index contributed by atoms with van der Waals surface area (Å²) in [6, 6.07) is 15.3. The number of primary amides is 1. The fourth-order valence-electron chi connectivity index (χ4n) is 4.96. The van der Waals surface area contributed by atoms with Crippen LogP contribution in [-0.2, 0) is 24.3 Å². The number of benzene rings is 2. The van der Waals surface area contributed by atoms with Gasteiger partial charge in [0.25, 0.3) is 5.91 Å². The summed E-state index contributed by atoms with van der Waals surface area (Å²) >= 11 is 0. The van der Waals surface area contributed by atoms with E-state index in [2.05, 4.69) is 24.3 Å². The maximum atomic E-state index is 12.8. The van der Waals surface area contributed by atoms with Gasteiger partial charge in [0.05, 0.1) is 65.5 Å². The minimum absolute atomic E-state index is 0.118. The lowest BCUT2D eigenvalue weighted by molar-refractivity contribution is 0.0909. The van der Waals surface area contributed by atoms with Crippen molar-refractivity contribution < 1.29 is 14.3 Å². The number of ether oxygens (including phenoxy) is 1. The van der Waals surface area contributed by atoms with E-state index >= 15 is 0 Å². The Morgan fingerprint density at radius 3 is 2.71 bits per heavy atom. The van der Waals surface area contributed by atoms with Gasteiger partial charge >= 0.3 is 0 Å². The molecule has 0 unspecified atom stereocenters. The van der Waals surface area contributed by atoms with Crippen LogP contribution in [0.4, 0.5) is 11.4 Å². The number of hydrogen-bond acceptors (Lipinski definition) is 6. The smallest absolute Gasteiger partial charge is 0.250 e. The summed E-state index contributed by atoms with van der Waals surface area (Å²) in [6.45, 7) is 7.68. The number of aryl methyl sites for hydroxylation is 1. The van der Waals surface area contributed by atoms with Crippen LogP contribution in [0.2, 0.25) is 0 Å². The Morgan fingerprint density at radius 2 is 1.95 bits per heavy atom. The lowest BCUT2D eigenvalue weighted by atomic mass is 9.75. The van der Waals surface area contributed by atoms with E-state index in [1.807, 2.05) is 54.2 Å². The van der Waals surface area contributed by atoms with Crippen molar-refractivity contribution in [3.8, 4) is 5.69 Å². The first-order valence-corrected chi connectivity index (χ1v) is 12.7. The summed E-state index contributed by atoms with van der Waals surface area (Å²) in [5.74, 6) is -0.428. The molecule has 0 aliphatic heterocycles. The highest BCUT2D eigenvalue weighted by molar-refractivity contribution is 6.01. The van der Waals surface area contributed by atoms with Crippen LogP contribution in [0.15, 0.2) is 60.9 Å². The minimum atomic E-state index is -0.546. The van der Waals surface area contributed by atoms with E-state index in [0.717, 1.165) is 23.4 Å². The topological polar surface area (TPSA) is 117 Å². The van der Waals surface area contributed by atoms with Crippen molar-refractivity contribution in [2.45, 2.75) is 46.8 Å². The van der Waals surface area contributed by atoms with Crippen LogP contribution in [0.1, 0.15) is 57.9 Å². The number of ketones is 1. The second-order valence-electron chi connectivity index (χ2n) is 10.5. The van der Waals surface area contributed by atoms with Gasteiger partial charge in [-0.1, -0.05) is 44.2 Å². The summed E-state index contributed by atoms with van der Waals surface area (Å²) < 4.78 is 9.35. The predicted molar refractivity (Wildman–Crippen MR) is 145 cm³/mol. The zero-order chi connectivity index (χ0) is 26.9. The molecule has 0 radical (unpaired) electrons. The van der Waals surface area contributed by atoms with Gasteiger partial charge < -0.3 is 15.8 Å². The molecule has 1 amide bonds. The molecule has 5 rings (SSSR count). The molecule has 1 aliphatic rings. The number of aromatic nitrogens is 4. The maximum absolute atomic E-state index is 12.8. The molecular weight excluding hydrogens is 480 g/mol. The third kappa shape index (κ3) is 5.38. The Kier molecular flexibility index (Phi) is 6.86. The van der Waals surface area contributed by atoms with Gasteiger partial charge in [-0.05, 0) is 42.5 Å². The van der Waals surface area contributed by atoms with Gasteiger partial charge in [-0.25, -0.2) is 4.68 Å². The Balaban J connectivity index is 1.34. The lowest BCUT2D eigenvalue weighted by Crippen LogP contribution is -2.28. The normalized spacial score (nSPS) is 14.3. The number of fused-ring (bicyclic) bond motifs is 1. The second kappa shape index (κ2) is 10.3. The molecule has 196 valence electrons. The van der Waals surface area contributed by atoms with Crippen molar-refractivity contribution in [3.63, 3.8) is 0 Å². The Morgan fingerprint density at radius 1 is 1.16 bits per heavy atom. The molecule has 4 aromatic rings. The fraction of sp³-hybridized carbons (Fsp3) is 0.310. The van der Waals surface area contributed by atoms with E-state index in [9.17, 15) is 9.59 Å². The summed E-state index contributed by atoms with van der Waals surface area (Å²) in [4.78, 5) is 25.0. The number of rotatable bonds is 9. The molecule has 2 heterocycles. The standard InChI is InChI=1S/C29H32N6O3/c1-19-27-25(14-29(2,3)15-26(27)36)35(33-19)22-9-10-23(28(30)37)24(13-22)32-21-16-31-34(17-21)11-12-38-18-20-7-5-4-6-8-20/h4-10,13,16-17,32H,11-12,14-15,18H2,1-3H3,(H2,30,37). The SMILES string of the molecule is Cc1nn(-c2ccc(C(N)=O)c(Nc3cnn(CCOCc4ccccc4)c3)c2)c2c1C(=O)CC(C)(C)C2. The molecule has 0 saturated carbocycles. The fourth-order valence-corrected chi connectivity index (χ4v) is 4.96. The second-order valence-corrected chi connectivity index (χ2v) is 10.5. The zero-order valence-electron chi connectivity index (χ0n) is 21.9. The van der Waals surface area contributed by atoms with Crippen molar-refractivity contribution >= 4 is 23.1 Å². The lowest BCUT2D eigenvalue weighted by Gasteiger charge is -2.29. The van der Waals surface area contributed by atoms with E-state index in [-0.39, 0.29) is 11.2 Å². The number of nitrogens with one attached hydrogen (secondary N) is 1. The van der Waals surface area contributed by atoms with Crippen molar-refractivity contribution in [3.05, 3.63) is 89.0 Å². The number of Topliss-reactive ketones (excluding diaryl/α,β-unsaturated/α-hetero) is 1. The summed E-state index contributed by atoms with van der Waals surface area (Å²) in [6.07, 6.45) is 4.77. The van der Waals surface area contributed by atoms with Gasteiger partial charge in [0, 0.05) is 12.6 Å².